The molecule has 1 atom stereocenters. The van der Waals surface area contributed by atoms with E-state index in [1.165, 1.54) is 0 Å². The first-order valence-corrected chi connectivity index (χ1v) is 5.78. The molecule has 0 radical (unpaired) electrons. The summed E-state index contributed by atoms with van der Waals surface area (Å²) in [5.41, 5.74) is 4.82. The number of halogens is 2. The van der Waals surface area contributed by atoms with Crippen molar-refractivity contribution >= 4 is 5.91 Å². The third-order valence-corrected chi connectivity index (χ3v) is 3.27. The molecule has 1 aromatic carbocycles. The van der Waals surface area contributed by atoms with Crippen molar-refractivity contribution in [1.82, 2.24) is 5.32 Å². The van der Waals surface area contributed by atoms with Gasteiger partial charge < -0.3 is 11.1 Å². The molecule has 0 heterocycles. The van der Waals surface area contributed by atoms with Gasteiger partial charge in [-0.25, -0.2) is 8.78 Å². The number of carbonyl (C=O) groups excluding carboxylic acids is 1. The van der Waals surface area contributed by atoms with Gasteiger partial charge >= 0.3 is 0 Å². The van der Waals surface area contributed by atoms with E-state index in [2.05, 4.69) is 5.32 Å². The summed E-state index contributed by atoms with van der Waals surface area (Å²) in [5.74, 6) is -2.09. The normalized spacial score (nSPS) is 14.4. The van der Waals surface area contributed by atoms with Crippen molar-refractivity contribution in [1.29, 1.82) is 0 Å². The Bertz CT molecular complexity index is 449. The fourth-order valence-electron chi connectivity index (χ4n) is 1.43. The zero-order valence-electron chi connectivity index (χ0n) is 10.8. The molecule has 3 nitrogen and oxygen atoms in total. The third-order valence-electron chi connectivity index (χ3n) is 3.27. The lowest BCUT2D eigenvalue weighted by molar-refractivity contribution is 0.0879. The Balaban J connectivity index is 2.95. The van der Waals surface area contributed by atoms with E-state index in [1.54, 1.807) is 6.92 Å². The maximum Gasteiger partial charge on any atom is 0.254 e. The molecule has 5 heteroatoms. The quantitative estimate of drug-likeness (QED) is 0.866. The number of rotatable bonds is 4. The highest BCUT2D eigenvalue weighted by atomic mass is 19.1. The maximum absolute atomic E-state index is 13.4. The summed E-state index contributed by atoms with van der Waals surface area (Å²) in [6.07, 6.45) is 0. The average molecular weight is 256 g/mol. The van der Waals surface area contributed by atoms with E-state index < -0.39 is 23.1 Å². The molecule has 0 saturated heterocycles. The van der Waals surface area contributed by atoms with Crippen molar-refractivity contribution < 1.29 is 13.6 Å². The monoisotopic (exact) mass is 256 g/mol. The highest BCUT2D eigenvalue weighted by molar-refractivity contribution is 5.95. The number of nitrogens with one attached hydrogen (secondary N) is 1. The number of amides is 1. The van der Waals surface area contributed by atoms with E-state index in [-0.39, 0.29) is 18.0 Å². The number of nitrogens with two attached hydrogens (primary N) is 1. The van der Waals surface area contributed by atoms with Gasteiger partial charge in [0.05, 0.1) is 11.1 Å². The average Bonchev–Trinajstić information content (AvgIpc) is 2.28. The maximum atomic E-state index is 13.4. The summed E-state index contributed by atoms with van der Waals surface area (Å²) in [6.45, 7) is 5.85. The molecule has 0 spiro atoms. The smallest absolute Gasteiger partial charge is 0.254 e. The van der Waals surface area contributed by atoms with E-state index in [9.17, 15) is 13.6 Å². The van der Waals surface area contributed by atoms with Gasteiger partial charge in [0.1, 0.15) is 11.6 Å². The number of benzene rings is 1. The molecule has 0 aliphatic heterocycles. The first-order chi connectivity index (χ1) is 8.30. The van der Waals surface area contributed by atoms with Gasteiger partial charge in [0.25, 0.3) is 5.91 Å². The number of carbonyl (C=O) groups is 1. The van der Waals surface area contributed by atoms with Crippen molar-refractivity contribution in [2.24, 2.45) is 11.7 Å². The Morgan fingerprint density at radius 1 is 1.44 bits per heavy atom. The molecule has 1 rings (SSSR count). The van der Waals surface area contributed by atoms with Gasteiger partial charge in [-0.2, -0.15) is 0 Å². The van der Waals surface area contributed by atoms with Gasteiger partial charge in [0.2, 0.25) is 0 Å². The molecule has 1 aromatic rings. The Hall–Kier alpha value is -1.49. The van der Waals surface area contributed by atoms with Crippen LogP contribution in [0.15, 0.2) is 18.2 Å². The SMILES string of the molecule is CC(C)C(C)(CN)NC(=O)c1ccc(F)cc1F. The Morgan fingerprint density at radius 3 is 2.50 bits per heavy atom. The van der Waals surface area contributed by atoms with Crippen LogP contribution in [-0.2, 0) is 0 Å². The second-order valence-electron chi connectivity index (χ2n) is 4.85. The summed E-state index contributed by atoms with van der Waals surface area (Å²) in [6, 6.07) is 2.86. The zero-order chi connectivity index (χ0) is 13.9. The van der Waals surface area contributed by atoms with Crippen molar-refractivity contribution in [2.75, 3.05) is 6.54 Å². The van der Waals surface area contributed by atoms with E-state index >= 15 is 0 Å². The van der Waals surface area contributed by atoms with Crippen molar-refractivity contribution in [3.63, 3.8) is 0 Å². The van der Waals surface area contributed by atoms with Crippen LogP contribution >= 0.6 is 0 Å². The minimum atomic E-state index is -0.879. The largest absolute Gasteiger partial charge is 0.345 e. The van der Waals surface area contributed by atoms with Crippen molar-refractivity contribution in [2.45, 2.75) is 26.3 Å². The van der Waals surface area contributed by atoms with Crippen molar-refractivity contribution in [3.05, 3.63) is 35.4 Å². The standard InChI is InChI=1S/C13H18F2N2O/c1-8(2)13(3,7-16)17-12(18)10-5-4-9(14)6-11(10)15/h4-6,8H,7,16H2,1-3H3,(H,17,18). The summed E-state index contributed by atoms with van der Waals surface area (Å²) in [7, 11) is 0. The van der Waals surface area contributed by atoms with E-state index in [0.717, 1.165) is 12.1 Å². The molecule has 0 bridgehead atoms. The predicted octanol–water partition coefficient (Wildman–Crippen LogP) is 2.07. The Labute approximate surface area is 105 Å². The number of hydrogen-bond acceptors (Lipinski definition) is 2. The zero-order valence-corrected chi connectivity index (χ0v) is 10.8. The molecular formula is C13H18F2N2O. The summed E-state index contributed by atoms with van der Waals surface area (Å²) >= 11 is 0. The van der Waals surface area contributed by atoms with Gasteiger partial charge in [-0.1, -0.05) is 13.8 Å². The molecule has 100 valence electrons. The van der Waals surface area contributed by atoms with Crippen LogP contribution in [0.1, 0.15) is 31.1 Å². The second kappa shape index (κ2) is 5.44. The molecule has 1 unspecified atom stereocenters. The predicted molar refractivity (Wildman–Crippen MR) is 66.1 cm³/mol. The number of hydrogen-bond donors (Lipinski definition) is 2. The highest BCUT2D eigenvalue weighted by Crippen LogP contribution is 2.17. The minimum Gasteiger partial charge on any atom is -0.345 e. The van der Waals surface area contributed by atoms with Crippen LogP contribution in [0.2, 0.25) is 0 Å². The van der Waals surface area contributed by atoms with E-state index in [4.69, 9.17) is 5.73 Å². The molecule has 1 amide bonds. The van der Waals surface area contributed by atoms with Gasteiger partial charge in [-0.3, -0.25) is 4.79 Å². The lowest BCUT2D eigenvalue weighted by atomic mass is 9.88. The van der Waals surface area contributed by atoms with Crippen LogP contribution in [0.5, 0.6) is 0 Å². The lowest BCUT2D eigenvalue weighted by Crippen LogP contribution is -2.55. The highest BCUT2D eigenvalue weighted by Gasteiger charge is 2.29. The summed E-state index contributed by atoms with van der Waals surface area (Å²) in [5, 5.41) is 2.69. The van der Waals surface area contributed by atoms with E-state index in [0.29, 0.717) is 6.07 Å². The fraction of sp³-hybridized carbons (Fsp3) is 0.462. The first kappa shape index (κ1) is 14.6. The molecule has 0 aliphatic rings. The molecule has 0 aliphatic carbocycles. The topological polar surface area (TPSA) is 55.1 Å². The molecule has 0 aromatic heterocycles. The van der Waals surface area contributed by atoms with Gasteiger partial charge in [0.15, 0.2) is 0 Å². The van der Waals surface area contributed by atoms with Crippen LogP contribution < -0.4 is 11.1 Å². The van der Waals surface area contributed by atoms with Gasteiger partial charge in [-0.15, -0.1) is 0 Å². The third kappa shape index (κ3) is 3.04. The van der Waals surface area contributed by atoms with Crippen LogP contribution in [-0.4, -0.2) is 18.0 Å². The van der Waals surface area contributed by atoms with Gasteiger partial charge in [-0.05, 0) is 25.0 Å². The van der Waals surface area contributed by atoms with Gasteiger partial charge in [0, 0.05) is 12.6 Å². The molecular weight excluding hydrogens is 238 g/mol. The summed E-state index contributed by atoms with van der Waals surface area (Å²) < 4.78 is 26.2. The molecule has 18 heavy (non-hydrogen) atoms. The van der Waals surface area contributed by atoms with Crippen molar-refractivity contribution in [3.8, 4) is 0 Å². The first-order valence-electron chi connectivity index (χ1n) is 5.78. The lowest BCUT2D eigenvalue weighted by Gasteiger charge is -2.33. The fourth-order valence-corrected chi connectivity index (χ4v) is 1.43. The van der Waals surface area contributed by atoms with E-state index in [1.807, 2.05) is 13.8 Å². The van der Waals surface area contributed by atoms with Crippen LogP contribution in [0.3, 0.4) is 0 Å². The van der Waals surface area contributed by atoms with Crippen LogP contribution in [0.4, 0.5) is 8.78 Å². The Morgan fingerprint density at radius 2 is 2.06 bits per heavy atom. The summed E-state index contributed by atoms with van der Waals surface area (Å²) in [4.78, 5) is 11.9. The molecule has 3 N–H and O–H groups in total. The Kier molecular flexibility index (Phi) is 4.40. The minimum absolute atomic E-state index is 0.0926. The van der Waals surface area contributed by atoms with Crippen LogP contribution in [0, 0.1) is 17.6 Å². The molecule has 0 fully saturated rings. The molecule has 0 saturated carbocycles. The second-order valence-corrected chi connectivity index (χ2v) is 4.85. The van der Waals surface area contributed by atoms with Crippen LogP contribution in [0.25, 0.3) is 0 Å².